The van der Waals surface area contributed by atoms with Gasteiger partial charge in [-0.05, 0) is 49.4 Å². The Labute approximate surface area is 202 Å². The first-order chi connectivity index (χ1) is 15.8. The second-order valence-corrected chi connectivity index (χ2v) is 10.3. The molecule has 0 fully saturated rings. The summed E-state index contributed by atoms with van der Waals surface area (Å²) in [5, 5.41) is 10.3. The highest BCUT2D eigenvalue weighted by atomic mass is 35.5. The minimum atomic E-state index is -4.81. The summed E-state index contributed by atoms with van der Waals surface area (Å²) in [6, 6.07) is 8.13. The quantitative estimate of drug-likeness (QED) is 0.472. The number of halogens is 4. The normalized spacial score (nSPS) is 12.8. The highest BCUT2D eigenvalue weighted by Gasteiger charge is 2.36. The molecular formula is C20H18ClF3N4O4S2. The molecule has 2 aromatic carbocycles. The summed E-state index contributed by atoms with van der Waals surface area (Å²) in [4.78, 5) is 12.8. The van der Waals surface area contributed by atoms with Gasteiger partial charge in [-0.15, -0.1) is 10.2 Å². The fraction of sp³-hybridized carbons (Fsp3) is 0.250. The number of aromatic nitrogens is 2. The van der Waals surface area contributed by atoms with Crippen molar-refractivity contribution in [2.75, 3.05) is 23.0 Å². The smallest absolute Gasteiger partial charge is 0.417 e. The number of hydrogen-bond donors (Lipinski definition) is 1. The minimum Gasteiger partial charge on any atom is -0.497 e. The predicted molar refractivity (Wildman–Crippen MR) is 124 cm³/mol. The lowest BCUT2D eigenvalue weighted by Gasteiger charge is -2.28. The number of alkyl halides is 3. The van der Waals surface area contributed by atoms with E-state index in [-0.39, 0.29) is 10.8 Å². The van der Waals surface area contributed by atoms with Gasteiger partial charge in [0.25, 0.3) is 0 Å². The standard InChI is InChI=1S/C20H18ClF3N4O4S2/c1-11(28(34(3,30)31)13-6-9-16(21)15(10-13)20(22,23)24)17(29)25-19-27-26-18(33-19)12-4-7-14(32-2)8-5-12/h4-11H,1-3H3,(H,25,27,29)/t11-/m1/s1. The lowest BCUT2D eigenvalue weighted by atomic mass is 10.1. The largest absolute Gasteiger partial charge is 0.497 e. The number of amides is 1. The molecule has 1 amide bonds. The van der Waals surface area contributed by atoms with E-state index in [0.717, 1.165) is 29.7 Å². The second-order valence-electron chi connectivity index (χ2n) is 7.03. The Morgan fingerprint density at radius 2 is 1.82 bits per heavy atom. The fourth-order valence-electron chi connectivity index (χ4n) is 3.01. The highest BCUT2D eigenvalue weighted by molar-refractivity contribution is 7.92. The molecule has 0 unspecified atom stereocenters. The molecule has 8 nitrogen and oxygen atoms in total. The Morgan fingerprint density at radius 3 is 2.38 bits per heavy atom. The summed E-state index contributed by atoms with van der Waals surface area (Å²) in [7, 11) is -2.63. The van der Waals surface area contributed by atoms with Crippen LogP contribution in [-0.4, -0.2) is 43.9 Å². The van der Waals surface area contributed by atoms with Gasteiger partial charge in [0.15, 0.2) is 0 Å². The van der Waals surface area contributed by atoms with E-state index < -0.39 is 38.7 Å². The van der Waals surface area contributed by atoms with Gasteiger partial charge in [-0.3, -0.25) is 14.4 Å². The van der Waals surface area contributed by atoms with E-state index in [1.165, 1.54) is 14.0 Å². The molecule has 0 aliphatic rings. The van der Waals surface area contributed by atoms with Crippen LogP contribution < -0.4 is 14.4 Å². The van der Waals surface area contributed by atoms with Crippen molar-refractivity contribution < 1.29 is 31.1 Å². The Balaban J connectivity index is 1.86. The molecule has 0 bridgehead atoms. The molecule has 0 saturated carbocycles. The van der Waals surface area contributed by atoms with Crippen molar-refractivity contribution in [2.24, 2.45) is 0 Å². The third-order valence-electron chi connectivity index (χ3n) is 4.59. The van der Waals surface area contributed by atoms with E-state index in [1.54, 1.807) is 24.3 Å². The van der Waals surface area contributed by atoms with Crippen LogP contribution in [-0.2, 0) is 21.0 Å². The number of ether oxygens (including phenoxy) is 1. The fourth-order valence-corrected chi connectivity index (χ4v) is 5.15. The molecule has 34 heavy (non-hydrogen) atoms. The van der Waals surface area contributed by atoms with E-state index in [0.29, 0.717) is 26.7 Å². The van der Waals surface area contributed by atoms with Crippen LogP contribution in [0.3, 0.4) is 0 Å². The number of benzene rings is 2. The maximum Gasteiger partial charge on any atom is 0.417 e. The molecule has 14 heteroatoms. The molecule has 3 rings (SSSR count). The lowest BCUT2D eigenvalue weighted by molar-refractivity contribution is -0.137. The van der Waals surface area contributed by atoms with E-state index in [9.17, 15) is 26.4 Å². The van der Waals surface area contributed by atoms with Gasteiger partial charge in [0.05, 0.1) is 29.6 Å². The van der Waals surface area contributed by atoms with Crippen LogP contribution in [0.5, 0.6) is 5.75 Å². The number of nitrogens with zero attached hydrogens (tertiary/aromatic N) is 3. The van der Waals surface area contributed by atoms with Gasteiger partial charge in [-0.25, -0.2) is 8.42 Å². The van der Waals surface area contributed by atoms with E-state index in [2.05, 4.69) is 15.5 Å². The summed E-state index contributed by atoms with van der Waals surface area (Å²) in [5.74, 6) is -0.168. The topological polar surface area (TPSA) is 101 Å². The number of anilines is 2. The predicted octanol–water partition coefficient (Wildman–Crippen LogP) is 4.68. The van der Waals surface area contributed by atoms with Crippen molar-refractivity contribution in [3.63, 3.8) is 0 Å². The molecular weight excluding hydrogens is 517 g/mol. The van der Waals surface area contributed by atoms with E-state index in [4.69, 9.17) is 16.3 Å². The van der Waals surface area contributed by atoms with Crippen LogP contribution >= 0.6 is 22.9 Å². The Hall–Kier alpha value is -2.90. The SMILES string of the molecule is COc1ccc(-c2nnc(NC(=O)[C@@H](C)N(c3ccc(Cl)c(C(F)(F)F)c3)S(C)(=O)=O)s2)cc1. The van der Waals surface area contributed by atoms with Crippen LogP contribution in [0, 0.1) is 0 Å². The molecule has 1 aromatic heterocycles. The molecule has 0 aliphatic carbocycles. The lowest BCUT2D eigenvalue weighted by Crippen LogP contribution is -2.45. The molecule has 0 saturated heterocycles. The van der Waals surface area contributed by atoms with Crippen LogP contribution in [0.1, 0.15) is 12.5 Å². The Bertz CT molecular complexity index is 1300. The molecule has 0 radical (unpaired) electrons. The average Bonchev–Trinajstić information content (AvgIpc) is 3.21. The van der Waals surface area contributed by atoms with Crippen molar-refractivity contribution in [1.82, 2.24) is 10.2 Å². The van der Waals surface area contributed by atoms with Gasteiger partial charge in [-0.2, -0.15) is 13.2 Å². The van der Waals surface area contributed by atoms with E-state index in [1.807, 2.05) is 0 Å². The van der Waals surface area contributed by atoms with Crippen LogP contribution in [0.25, 0.3) is 10.6 Å². The number of hydrogen-bond acceptors (Lipinski definition) is 7. The Kier molecular flexibility index (Phi) is 7.38. The van der Waals surface area contributed by atoms with Crippen LogP contribution in [0.2, 0.25) is 5.02 Å². The summed E-state index contributed by atoms with van der Waals surface area (Å²) >= 11 is 6.67. The number of rotatable bonds is 7. The number of methoxy groups -OCH3 is 1. The van der Waals surface area contributed by atoms with Crippen molar-refractivity contribution >= 4 is 49.7 Å². The van der Waals surface area contributed by atoms with Gasteiger partial charge in [-0.1, -0.05) is 22.9 Å². The minimum absolute atomic E-state index is 0.0863. The first kappa shape index (κ1) is 25.7. The molecule has 0 aliphatic heterocycles. The van der Waals surface area contributed by atoms with Gasteiger partial charge in [0.1, 0.15) is 16.8 Å². The number of carbonyl (C=O) groups is 1. The van der Waals surface area contributed by atoms with Gasteiger partial charge in [0.2, 0.25) is 21.1 Å². The van der Waals surface area contributed by atoms with Crippen molar-refractivity contribution in [1.29, 1.82) is 0 Å². The number of sulfonamides is 1. The zero-order chi connectivity index (χ0) is 25.3. The molecule has 1 atom stereocenters. The second kappa shape index (κ2) is 9.76. The van der Waals surface area contributed by atoms with Crippen LogP contribution in [0.15, 0.2) is 42.5 Å². The average molecular weight is 535 g/mol. The first-order valence-corrected chi connectivity index (χ1v) is 12.5. The maximum atomic E-state index is 13.3. The van der Waals surface area contributed by atoms with Gasteiger partial charge >= 0.3 is 6.18 Å². The summed E-state index contributed by atoms with van der Waals surface area (Å²) < 4.78 is 70.3. The van der Waals surface area contributed by atoms with E-state index >= 15 is 0 Å². The third-order valence-corrected chi connectivity index (χ3v) is 7.05. The zero-order valence-corrected chi connectivity index (χ0v) is 20.3. The summed E-state index contributed by atoms with van der Waals surface area (Å²) in [6.07, 6.45) is -4.03. The third kappa shape index (κ3) is 5.77. The van der Waals surface area contributed by atoms with Crippen LogP contribution in [0.4, 0.5) is 24.0 Å². The number of nitrogens with one attached hydrogen (secondary N) is 1. The van der Waals surface area contributed by atoms with Crippen molar-refractivity contribution in [3.05, 3.63) is 53.1 Å². The molecule has 1 N–H and O–H groups in total. The molecule has 0 spiro atoms. The van der Waals surface area contributed by atoms with Crippen molar-refractivity contribution in [2.45, 2.75) is 19.1 Å². The summed E-state index contributed by atoms with van der Waals surface area (Å²) in [6.45, 7) is 1.24. The van der Waals surface area contributed by atoms with Crippen molar-refractivity contribution in [3.8, 4) is 16.3 Å². The zero-order valence-electron chi connectivity index (χ0n) is 17.9. The Morgan fingerprint density at radius 1 is 1.18 bits per heavy atom. The van der Waals surface area contributed by atoms with Gasteiger partial charge in [0, 0.05) is 5.56 Å². The first-order valence-electron chi connectivity index (χ1n) is 9.46. The summed E-state index contributed by atoms with van der Waals surface area (Å²) in [5.41, 5.74) is -0.871. The molecule has 182 valence electrons. The molecule has 1 heterocycles. The maximum absolute atomic E-state index is 13.3. The monoisotopic (exact) mass is 534 g/mol. The number of carbonyl (C=O) groups excluding carboxylic acids is 1. The highest BCUT2D eigenvalue weighted by Crippen LogP contribution is 2.38. The van der Waals surface area contributed by atoms with Gasteiger partial charge < -0.3 is 4.74 Å². The molecule has 3 aromatic rings.